The van der Waals surface area contributed by atoms with E-state index in [4.69, 9.17) is 4.74 Å². The van der Waals surface area contributed by atoms with Gasteiger partial charge in [-0.3, -0.25) is 4.90 Å². The number of aliphatic hydroxyl groups excluding tert-OH is 1. The number of nitrogens with zero attached hydrogens (tertiary/aromatic N) is 1. The summed E-state index contributed by atoms with van der Waals surface area (Å²) in [5, 5.41) is 12.5. The van der Waals surface area contributed by atoms with E-state index < -0.39 is 0 Å². The number of benzene rings is 2. The molecule has 2 fully saturated rings. The third kappa shape index (κ3) is 3.89. The number of hydrogen-bond donors (Lipinski definition) is 1. The van der Waals surface area contributed by atoms with Gasteiger partial charge in [0.05, 0.1) is 18.8 Å². The van der Waals surface area contributed by atoms with Crippen LogP contribution in [-0.4, -0.2) is 48.0 Å². The van der Waals surface area contributed by atoms with Gasteiger partial charge in [0.15, 0.2) is 0 Å². The summed E-state index contributed by atoms with van der Waals surface area (Å²) < 4.78 is 6.37. The average Bonchev–Trinajstić information content (AvgIpc) is 3.08. The molecule has 4 rings (SSSR count). The largest absolute Gasteiger partial charge is 0.392 e. The lowest BCUT2D eigenvalue weighted by molar-refractivity contribution is -0.0315. The van der Waals surface area contributed by atoms with Crippen LogP contribution in [0.3, 0.4) is 0 Å². The van der Waals surface area contributed by atoms with Crippen molar-refractivity contribution in [2.24, 2.45) is 0 Å². The molecule has 1 saturated carbocycles. The molecular weight excluding hydrogens is 310 g/mol. The summed E-state index contributed by atoms with van der Waals surface area (Å²) in [6, 6.07) is 15.6. The van der Waals surface area contributed by atoms with Crippen LogP contribution in [0.15, 0.2) is 42.5 Å². The summed E-state index contributed by atoms with van der Waals surface area (Å²) in [6.07, 6.45) is 7.00. The summed E-state index contributed by atoms with van der Waals surface area (Å²) in [7, 11) is 0. The number of ether oxygens (including phenoxy) is 1. The zero-order valence-corrected chi connectivity index (χ0v) is 14.9. The fourth-order valence-electron chi connectivity index (χ4n) is 4.59. The van der Waals surface area contributed by atoms with Crippen molar-refractivity contribution in [1.82, 2.24) is 4.90 Å². The summed E-state index contributed by atoms with van der Waals surface area (Å²) in [6.45, 7) is 2.63. The number of likely N-dealkylation sites (tertiary alicyclic amines) is 1. The van der Waals surface area contributed by atoms with Crippen molar-refractivity contribution >= 4 is 10.8 Å². The molecule has 0 radical (unpaired) electrons. The molecular formula is C22H29NO2. The zero-order chi connectivity index (χ0) is 17.1. The van der Waals surface area contributed by atoms with Crippen molar-refractivity contribution in [2.45, 2.75) is 56.8 Å². The maximum atomic E-state index is 9.86. The second-order valence-electron chi connectivity index (χ2n) is 7.59. The Kier molecular flexibility index (Phi) is 5.35. The van der Waals surface area contributed by atoms with Gasteiger partial charge in [-0.25, -0.2) is 0 Å². The van der Waals surface area contributed by atoms with E-state index in [0.717, 1.165) is 39.0 Å². The molecule has 25 heavy (non-hydrogen) atoms. The van der Waals surface area contributed by atoms with Crippen molar-refractivity contribution in [3.05, 3.63) is 48.0 Å². The van der Waals surface area contributed by atoms with Crippen LogP contribution < -0.4 is 0 Å². The Labute approximate surface area is 150 Å². The minimum atomic E-state index is -0.141. The van der Waals surface area contributed by atoms with Crippen molar-refractivity contribution in [2.75, 3.05) is 19.7 Å². The summed E-state index contributed by atoms with van der Waals surface area (Å²) in [5.41, 5.74) is 1.38. The molecule has 3 heteroatoms. The summed E-state index contributed by atoms with van der Waals surface area (Å²) in [4.78, 5) is 2.46. The highest BCUT2D eigenvalue weighted by Gasteiger charge is 2.34. The first-order valence-corrected chi connectivity index (χ1v) is 9.81. The predicted molar refractivity (Wildman–Crippen MR) is 102 cm³/mol. The van der Waals surface area contributed by atoms with Gasteiger partial charge in [0, 0.05) is 19.1 Å². The van der Waals surface area contributed by atoms with Gasteiger partial charge in [-0.05, 0) is 42.0 Å². The maximum absolute atomic E-state index is 9.86. The Hall–Kier alpha value is -1.42. The smallest absolute Gasteiger partial charge is 0.0730 e. The lowest BCUT2D eigenvalue weighted by atomic mass is 9.91. The van der Waals surface area contributed by atoms with E-state index >= 15 is 0 Å². The molecule has 2 aromatic carbocycles. The summed E-state index contributed by atoms with van der Waals surface area (Å²) >= 11 is 0. The lowest BCUT2D eigenvalue weighted by Gasteiger charge is -2.37. The molecule has 0 unspecified atom stereocenters. The molecule has 134 valence electrons. The van der Waals surface area contributed by atoms with Crippen LogP contribution in [0.25, 0.3) is 10.8 Å². The van der Waals surface area contributed by atoms with Gasteiger partial charge < -0.3 is 9.84 Å². The number of aliphatic hydroxyl groups is 1. The second kappa shape index (κ2) is 7.86. The SMILES string of the molecule is O[C@H]1CCN([C@H]2CCCC[C@@H]2OCCc2cccc3ccccc23)C1. The van der Waals surface area contributed by atoms with Gasteiger partial charge in [0.2, 0.25) is 0 Å². The molecule has 1 aliphatic carbocycles. The monoisotopic (exact) mass is 339 g/mol. The quantitative estimate of drug-likeness (QED) is 0.900. The van der Waals surface area contributed by atoms with E-state index in [-0.39, 0.29) is 6.10 Å². The van der Waals surface area contributed by atoms with E-state index in [0.29, 0.717) is 12.1 Å². The molecule has 1 aliphatic heterocycles. The molecule has 2 aromatic rings. The molecule has 1 saturated heterocycles. The highest BCUT2D eigenvalue weighted by molar-refractivity contribution is 5.85. The molecule has 1 N–H and O–H groups in total. The van der Waals surface area contributed by atoms with Crippen LogP contribution in [0.5, 0.6) is 0 Å². The minimum absolute atomic E-state index is 0.141. The Bertz CT molecular complexity index is 696. The second-order valence-corrected chi connectivity index (χ2v) is 7.59. The number of fused-ring (bicyclic) bond motifs is 1. The molecule has 2 aliphatic rings. The van der Waals surface area contributed by atoms with Gasteiger partial charge in [0.1, 0.15) is 0 Å². The van der Waals surface area contributed by atoms with Crippen LogP contribution in [0, 0.1) is 0 Å². The third-order valence-corrected chi connectivity index (χ3v) is 5.91. The molecule has 0 bridgehead atoms. The third-order valence-electron chi connectivity index (χ3n) is 5.91. The Morgan fingerprint density at radius 2 is 1.84 bits per heavy atom. The average molecular weight is 339 g/mol. The van der Waals surface area contributed by atoms with Crippen LogP contribution >= 0.6 is 0 Å². The zero-order valence-electron chi connectivity index (χ0n) is 14.9. The first-order valence-electron chi connectivity index (χ1n) is 9.81. The van der Waals surface area contributed by atoms with Gasteiger partial charge in [-0.15, -0.1) is 0 Å². The Balaban J connectivity index is 1.38. The van der Waals surface area contributed by atoms with Crippen LogP contribution in [0.2, 0.25) is 0 Å². The van der Waals surface area contributed by atoms with Crippen molar-refractivity contribution in [3.8, 4) is 0 Å². The molecule has 1 heterocycles. The predicted octanol–water partition coefficient (Wildman–Crippen LogP) is 3.78. The highest BCUT2D eigenvalue weighted by Crippen LogP contribution is 2.28. The van der Waals surface area contributed by atoms with Crippen molar-refractivity contribution in [1.29, 1.82) is 0 Å². The molecule has 3 atom stereocenters. The first kappa shape index (κ1) is 17.0. The molecule has 0 amide bonds. The molecule has 0 aromatic heterocycles. The Morgan fingerprint density at radius 1 is 1.00 bits per heavy atom. The summed E-state index contributed by atoms with van der Waals surface area (Å²) in [5.74, 6) is 0. The van der Waals surface area contributed by atoms with E-state index in [1.165, 1.54) is 35.6 Å². The number of hydrogen-bond acceptors (Lipinski definition) is 3. The van der Waals surface area contributed by atoms with Crippen LogP contribution in [-0.2, 0) is 11.2 Å². The van der Waals surface area contributed by atoms with Gasteiger partial charge in [-0.1, -0.05) is 55.3 Å². The fraction of sp³-hybridized carbons (Fsp3) is 0.545. The van der Waals surface area contributed by atoms with Gasteiger partial charge in [0.25, 0.3) is 0 Å². The topological polar surface area (TPSA) is 32.7 Å². The fourth-order valence-corrected chi connectivity index (χ4v) is 4.59. The number of rotatable bonds is 5. The van der Waals surface area contributed by atoms with E-state index in [9.17, 15) is 5.11 Å². The Morgan fingerprint density at radius 3 is 2.72 bits per heavy atom. The first-order chi connectivity index (χ1) is 12.3. The maximum Gasteiger partial charge on any atom is 0.0730 e. The van der Waals surface area contributed by atoms with E-state index in [2.05, 4.69) is 47.4 Å². The van der Waals surface area contributed by atoms with Crippen molar-refractivity contribution < 1.29 is 9.84 Å². The molecule has 3 nitrogen and oxygen atoms in total. The van der Waals surface area contributed by atoms with Crippen LogP contribution in [0.1, 0.15) is 37.7 Å². The normalized spacial score (nSPS) is 27.8. The lowest BCUT2D eigenvalue weighted by Crippen LogP contribution is -2.46. The van der Waals surface area contributed by atoms with E-state index in [1.54, 1.807) is 0 Å². The van der Waals surface area contributed by atoms with E-state index in [1.807, 2.05) is 0 Å². The van der Waals surface area contributed by atoms with Crippen LogP contribution in [0.4, 0.5) is 0 Å². The van der Waals surface area contributed by atoms with Gasteiger partial charge >= 0.3 is 0 Å². The highest BCUT2D eigenvalue weighted by atomic mass is 16.5. The molecule has 0 spiro atoms. The standard InChI is InChI=1S/C22H29NO2/c24-19-12-14-23(16-19)21-10-3-4-11-22(21)25-15-13-18-8-5-7-17-6-1-2-9-20(17)18/h1-2,5-9,19,21-22,24H,3-4,10-16H2/t19-,21-,22-/m0/s1. The minimum Gasteiger partial charge on any atom is -0.392 e. The van der Waals surface area contributed by atoms with Crippen molar-refractivity contribution in [3.63, 3.8) is 0 Å². The van der Waals surface area contributed by atoms with Gasteiger partial charge in [-0.2, -0.15) is 0 Å². The number of β-amino-alcohol motifs (C(OH)–C–C–N with tert-alkyl or cyclic N) is 1.